The molecule has 1 fully saturated rings. The molecule has 1 atom stereocenters. The molecule has 1 heterocycles. The van der Waals surface area contributed by atoms with Gasteiger partial charge in [0.25, 0.3) is 0 Å². The fraction of sp³-hybridized carbons (Fsp3) is 0.667. The molecule has 0 aliphatic carbocycles. The Morgan fingerprint density at radius 1 is 1.19 bits per heavy atom. The van der Waals surface area contributed by atoms with Gasteiger partial charge in [0.2, 0.25) is 0 Å². The van der Waals surface area contributed by atoms with Gasteiger partial charge >= 0.3 is 0 Å². The van der Waals surface area contributed by atoms with E-state index in [4.69, 9.17) is 10.5 Å². The summed E-state index contributed by atoms with van der Waals surface area (Å²) in [6.07, 6.45) is 4.65. The second-order valence-electron chi connectivity index (χ2n) is 6.33. The zero-order valence-electron chi connectivity index (χ0n) is 13.8. The average Bonchev–Trinajstić information content (AvgIpc) is 2.95. The number of aryl methyl sites for hydroxylation is 2. The molecule has 1 aromatic carbocycles. The monoisotopic (exact) mass is 290 g/mol. The van der Waals surface area contributed by atoms with E-state index in [9.17, 15) is 0 Å². The Hall–Kier alpha value is -1.06. The summed E-state index contributed by atoms with van der Waals surface area (Å²) in [6.45, 7) is 10.7. The Morgan fingerprint density at radius 3 is 2.38 bits per heavy atom. The number of nitrogens with zero attached hydrogens (tertiary/aromatic N) is 1. The highest BCUT2D eigenvalue weighted by Crippen LogP contribution is 2.25. The molecular formula is C18H30N2O. The summed E-state index contributed by atoms with van der Waals surface area (Å²) in [5.41, 5.74) is 9.84. The second kappa shape index (κ2) is 7.81. The SMILES string of the molecule is CCC(N)Cc1cc(C)c(OCCN2CCCC2)c(C)c1. The van der Waals surface area contributed by atoms with Crippen LogP contribution in [-0.2, 0) is 6.42 Å². The first kappa shape index (κ1) is 16.3. The van der Waals surface area contributed by atoms with Crippen molar-refractivity contribution in [2.45, 2.75) is 52.5 Å². The smallest absolute Gasteiger partial charge is 0.125 e. The van der Waals surface area contributed by atoms with Crippen LogP contribution in [0.25, 0.3) is 0 Å². The van der Waals surface area contributed by atoms with Crippen LogP contribution >= 0.6 is 0 Å². The molecule has 2 rings (SSSR count). The molecule has 0 aromatic heterocycles. The van der Waals surface area contributed by atoms with Crippen LogP contribution in [-0.4, -0.2) is 37.2 Å². The van der Waals surface area contributed by atoms with E-state index in [0.29, 0.717) is 0 Å². The fourth-order valence-electron chi connectivity index (χ4n) is 3.12. The van der Waals surface area contributed by atoms with Crippen molar-refractivity contribution in [3.05, 3.63) is 28.8 Å². The Morgan fingerprint density at radius 2 is 1.81 bits per heavy atom. The zero-order valence-corrected chi connectivity index (χ0v) is 13.8. The molecule has 0 spiro atoms. The van der Waals surface area contributed by atoms with E-state index >= 15 is 0 Å². The lowest BCUT2D eigenvalue weighted by molar-refractivity contribution is 0.236. The van der Waals surface area contributed by atoms with Gasteiger partial charge in [0.1, 0.15) is 12.4 Å². The molecular weight excluding hydrogens is 260 g/mol. The predicted molar refractivity (Wildman–Crippen MR) is 89.1 cm³/mol. The van der Waals surface area contributed by atoms with Gasteiger partial charge < -0.3 is 10.5 Å². The number of hydrogen-bond donors (Lipinski definition) is 1. The van der Waals surface area contributed by atoms with Crippen molar-refractivity contribution in [3.8, 4) is 5.75 Å². The van der Waals surface area contributed by atoms with E-state index in [0.717, 1.165) is 31.7 Å². The molecule has 0 saturated carbocycles. The molecule has 118 valence electrons. The number of benzene rings is 1. The van der Waals surface area contributed by atoms with Gasteiger partial charge in [-0.15, -0.1) is 0 Å². The predicted octanol–water partition coefficient (Wildman–Crippen LogP) is 3.06. The van der Waals surface area contributed by atoms with Crippen LogP contribution in [0.4, 0.5) is 0 Å². The highest BCUT2D eigenvalue weighted by atomic mass is 16.5. The number of hydrogen-bond acceptors (Lipinski definition) is 3. The maximum Gasteiger partial charge on any atom is 0.125 e. The van der Waals surface area contributed by atoms with Crippen molar-refractivity contribution >= 4 is 0 Å². The summed E-state index contributed by atoms with van der Waals surface area (Å²) in [6, 6.07) is 4.72. The van der Waals surface area contributed by atoms with Gasteiger partial charge in [-0.1, -0.05) is 19.1 Å². The first-order valence-electron chi connectivity index (χ1n) is 8.31. The van der Waals surface area contributed by atoms with Gasteiger partial charge in [-0.05, 0) is 69.3 Å². The van der Waals surface area contributed by atoms with Crippen LogP contribution < -0.4 is 10.5 Å². The Labute approximate surface area is 129 Å². The van der Waals surface area contributed by atoms with Crippen LogP contribution in [0.1, 0.15) is 42.9 Å². The lowest BCUT2D eigenvalue weighted by Gasteiger charge is -2.18. The summed E-state index contributed by atoms with van der Waals surface area (Å²) in [4.78, 5) is 2.49. The van der Waals surface area contributed by atoms with Gasteiger partial charge in [-0.3, -0.25) is 4.90 Å². The Balaban J connectivity index is 1.92. The molecule has 3 heteroatoms. The highest BCUT2D eigenvalue weighted by molar-refractivity contribution is 5.43. The first-order chi connectivity index (χ1) is 10.1. The van der Waals surface area contributed by atoms with Gasteiger partial charge in [0.05, 0.1) is 0 Å². The van der Waals surface area contributed by atoms with Crippen LogP contribution in [0.15, 0.2) is 12.1 Å². The normalized spacial score (nSPS) is 17.1. The summed E-state index contributed by atoms with van der Waals surface area (Å²) >= 11 is 0. The number of nitrogens with two attached hydrogens (primary N) is 1. The van der Waals surface area contributed by atoms with Crippen molar-refractivity contribution in [1.82, 2.24) is 4.90 Å². The van der Waals surface area contributed by atoms with E-state index < -0.39 is 0 Å². The number of ether oxygens (including phenoxy) is 1. The number of likely N-dealkylation sites (tertiary alicyclic amines) is 1. The van der Waals surface area contributed by atoms with E-state index in [2.05, 4.69) is 37.8 Å². The van der Waals surface area contributed by atoms with Crippen molar-refractivity contribution in [2.24, 2.45) is 5.73 Å². The third-order valence-corrected chi connectivity index (χ3v) is 4.39. The zero-order chi connectivity index (χ0) is 15.2. The molecule has 1 saturated heterocycles. The quantitative estimate of drug-likeness (QED) is 0.839. The van der Waals surface area contributed by atoms with Crippen LogP contribution in [0.2, 0.25) is 0 Å². The second-order valence-corrected chi connectivity index (χ2v) is 6.33. The standard InChI is InChI=1S/C18H30N2O/c1-4-17(19)13-16-11-14(2)18(15(3)12-16)21-10-9-20-7-5-6-8-20/h11-12,17H,4-10,13,19H2,1-3H3. The largest absolute Gasteiger partial charge is 0.492 e. The van der Waals surface area contributed by atoms with E-state index in [1.165, 1.54) is 42.6 Å². The van der Waals surface area contributed by atoms with Crippen molar-refractivity contribution in [3.63, 3.8) is 0 Å². The van der Waals surface area contributed by atoms with Gasteiger partial charge in [-0.2, -0.15) is 0 Å². The first-order valence-corrected chi connectivity index (χ1v) is 8.31. The molecule has 1 aliphatic heterocycles. The molecule has 1 aliphatic rings. The van der Waals surface area contributed by atoms with Gasteiger partial charge in [0.15, 0.2) is 0 Å². The minimum atomic E-state index is 0.255. The van der Waals surface area contributed by atoms with Crippen LogP contribution in [0.3, 0.4) is 0 Å². The minimum Gasteiger partial charge on any atom is -0.492 e. The van der Waals surface area contributed by atoms with Crippen LogP contribution in [0, 0.1) is 13.8 Å². The molecule has 2 N–H and O–H groups in total. The van der Waals surface area contributed by atoms with E-state index in [1.54, 1.807) is 0 Å². The van der Waals surface area contributed by atoms with Crippen molar-refractivity contribution in [2.75, 3.05) is 26.2 Å². The van der Waals surface area contributed by atoms with Crippen molar-refractivity contribution < 1.29 is 4.74 Å². The van der Waals surface area contributed by atoms with E-state index in [1.807, 2.05) is 0 Å². The average molecular weight is 290 g/mol. The van der Waals surface area contributed by atoms with Crippen molar-refractivity contribution in [1.29, 1.82) is 0 Å². The van der Waals surface area contributed by atoms with Gasteiger partial charge in [0, 0.05) is 12.6 Å². The molecule has 0 amide bonds. The lowest BCUT2D eigenvalue weighted by Crippen LogP contribution is -2.25. The third kappa shape index (κ3) is 4.72. The molecule has 1 aromatic rings. The van der Waals surface area contributed by atoms with Crippen LogP contribution in [0.5, 0.6) is 5.75 Å². The number of rotatable bonds is 7. The lowest BCUT2D eigenvalue weighted by atomic mass is 9.99. The molecule has 3 nitrogen and oxygen atoms in total. The summed E-state index contributed by atoms with van der Waals surface area (Å²) in [5, 5.41) is 0. The third-order valence-electron chi connectivity index (χ3n) is 4.39. The summed E-state index contributed by atoms with van der Waals surface area (Å²) in [5.74, 6) is 1.06. The maximum atomic E-state index is 6.06. The maximum absolute atomic E-state index is 6.06. The van der Waals surface area contributed by atoms with Gasteiger partial charge in [-0.25, -0.2) is 0 Å². The topological polar surface area (TPSA) is 38.5 Å². The highest BCUT2D eigenvalue weighted by Gasteiger charge is 2.12. The Bertz CT molecular complexity index is 430. The summed E-state index contributed by atoms with van der Waals surface area (Å²) in [7, 11) is 0. The Kier molecular flexibility index (Phi) is 6.07. The fourth-order valence-corrected chi connectivity index (χ4v) is 3.12. The molecule has 1 unspecified atom stereocenters. The summed E-state index contributed by atoms with van der Waals surface area (Å²) < 4.78 is 6.04. The van der Waals surface area contributed by atoms with E-state index in [-0.39, 0.29) is 6.04 Å². The molecule has 21 heavy (non-hydrogen) atoms. The molecule has 0 radical (unpaired) electrons. The minimum absolute atomic E-state index is 0.255. The molecule has 0 bridgehead atoms.